The van der Waals surface area contributed by atoms with Crippen LogP contribution in [0.1, 0.15) is 25.7 Å². The van der Waals surface area contributed by atoms with Gasteiger partial charge in [-0.3, -0.25) is 4.79 Å². The lowest BCUT2D eigenvalue weighted by Gasteiger charge is -2.28. The van der Waals surface area contributed by atoms with Crippen LogP contribution < -0.4 is 10.6 Å². The lowest BCUT2D eigenvalue weighted by atomic mass is 9.95. The molecule has 2 N–H and O–H groups in total. The maximum atomic E-state index is 11.0. The zero-order chi connectivity index (χ0) is 10.4. The highest BCUT2D eigenvalue weighted by molar-refractivity contribution is 7.99. The van der Waals surface area contributed by atoms with Gasteiger partial charge in [-0.15, -0.1) is 0 Å². The second-order valence-electron chi connectivity index (χ2n) is 3.78. The summed E-state index contributed by atoms with van der Waals surface area (Å²) >= 11 is 1.95. The fourth-order valence-electron chi connectivity index (χ4n) is 1.87. The quantitative estimate of drug-likeness (QED) is 0.736. The van der Waals surface area contributed by atoms with Crippen molar-refractivity contribution in [2.24, 2.45) is 0 Å². The van der Waals surface area contributed by atoms with Gasteiger partial charge in [0.1, 0.15) is 0 Å². The lowest BCUT2D eigenvalue weighted by molar-refractivity contribution is -0.119. The first-order valence-electron chi connectivity index (χ1n) is 5.23. The number of nitrogens with one attached hydrogen (secondary N) is 2. The van der Waals surface area contributed by atoms with Crippen molar-refractivity contribution in [1.29, 1.82) is 0 Å². The van der Waals surface area contributed by atoms with Crippen molar-refractivity contribution in [3.05, 3.63) is 0 Å². The van der Waals surface area contributed by atoms with Crippen molar-refractivity contribution in [3.8, 4) is 0 Å². The third kappa shape index (κ3) is 3.88. The molecular weight excluding hydrogens is 196 g/mol. The molecule has 1 rings (SSSR count). The summed E-state index contributed by atoms with van der Waals surface area (Å²) in [5, 5.41) is 6.72. The van der Waals surface area contributed by atoms with Crippen LogP contribution in [0.25, 0.3) is 0 Å². The summed E-state index contributed by atoms with van der Waals surface area (Å²) in [5.41, 5.74) is 0. The van der Waals surface area contributed by atoms with Crippen LogP contribution in [-0.2, 0) is 4.79 Å². The minimum absolute atomic E-state index is 0.0799. The molecule has 0 heterocycles. The molecule has 1 aliphatic rings. The Morgan fingerprint density at radius 3 is 2.93 bits per heavy atom. The number of carbonyl (C=O) groups is 1. The van der Waals surface area contributed by atoms with Gasteiger partial charge in [-0.25, -0.2) is 0 Å². The molecule has 1 amide bonds. The summed E-state index contributed by atoms with van der Waals surface area (Å²) in [4.78, 5) is 11.0. The van der Waals surface area contributed by atoms with Crippen molar-refractivity contribution in [2.45, 2.75) is 37.0 Å². The summed E-state index contributed by atoms with van der Waals surface area (Å²) in [6.45, 7) is 0.461. The monoisotopic (exact) mass is 216 g/mol. The van der Waals surface area contributed by atoms with Crippen molar-refractivity contribution in [3.63, 3.8) is 0 Å². The van der Waals surface area contributed by atoms with E-state index in [4.69, 9.17) is 0 Å². The van der Waals surface area contributed by atoms with Gasteiger partial charge in [0.15, 0.2) is 0 Å². The number of thioether (sulfide) groups is 1. The molecule has 82 valence electrons. The molecule has 4 heteroatoms. The first-order chi connectivity index (χ1) is 6.76. The largest absolute Gasteiger partial charge is 0.358 e. The number of amides is 1. The fourth-order valence-corrected chi connectivity index (χ4v) is 2.70. The predicted octanol–water partition coefficient (Wildman–Crippen LogP) is 0.996. The van der Waals surface area contributed by atoms with Crippen molar-refractivity contribution in [2.75, 3.05) is 19.8 Å². The smallest absolute Gasteiger partial charge is 0.233 e. The van der Waals surface area contributed by atoms with Gasteiger partial charge in [-0.2, -0.15) is 11.8 Å². The molecule has 0 aromatic carbocycles. The van der Waals surface area contributed by atoms with Crippen LogP contribution in [0.4, 0.5) is 0 Å². The molecule has 0 aromatic heterocycles. The normalized spacial score (nSPS) is 27.3. The van der Waals surface area contributed by atoms with Gasteiger partial charge in [0.05, 0.1) is 6.54 Å². The summed E-state index contributed by atoms with van der Waals surface area (Å²) in [7, 11) is 1.68. The Morgan fingerprint density at radius 2 is 2.29 bits per heavy atom. The first kappa shape index (κ1) is 11.9. The van der Waals surface area contributed by atoms with Crippen molar-refractivity contribution < 1.29 is 4.79 Å². The molecule has 2 atom stereocenters. The van der Waals surface area contributed by atoms with Crippen LogP contribution in [0.3, 0.4) is 0 Å². The highest BCUT2D eigenvalue weighted by Gasteiger charge is 2.20. The summed E-state index contributed by atoms with van der Waals surface area (Å²) < 4.78 is 0. The van der Waals surface area contributed by atoms with E-state index in [1.807, 2.05) is 11.8 Å². The molecule has 1 saturated carbocycles. The van der Waals surface area contributed by atoms with Gasteiger partial charge < -0.3 is 10.6 Å². The highest BCUT2D eigenvalue weighted by Crippen LogP contribution is 2.26. The molecule has 0 spiro atoms. The summed E-state index contributed by atoms with van der Waals surface area (Å²) in [5.74, 6) is 0.0799. The number of rotatable bonds is 4. The average Bonchev–Trinajstić information content (AvgIpc) is 2.26. The Kier molecular flexibility index (Phi) is 5.33. The summed E-state index contributed by atoms with van der Waals surface area (Å²) in [6.07, 6.45) is 7.22. The Bertz CT molecular complexity index is 187. The minimum atomic E-state index is 0.0799. The summed E-state index contributed by atoms with van der Waals surface area (Å²) in [6, 6.07) is 0.540. The van der Waals surface area contributed by atoms with Gasteiger partial charge in [-0.1, -0.05) is 6.42 Å². The molecule has 0 saturated heterocycles. The van der Waals surface area contributed by atoms with E-state index in [9.17, 15) is 4.79 Å². The second-order valence-corrected chi connectivity index (χ2v) is 4.91. The Hall–Kier alpha value is -0.220. The zero-order valence-corrected chi connectivity index (χ0v) is 9.82. The maximum absolute atomic E-state index is 11.0. The topological polar surface area (TPSA) is 41.1 Å². The molecule has 0 aromatic rings. The maximum Gasteiger partial charge on any atom is 0.233 e. The van der Waals surface area contributed by atoms with Gasteiger partial charge >= 0.3 is 0 Å². The standard InChI is InChI=1S/C10H20N2OS/c1-11-10(13)7-12-8-4-3-5-9(6-8)14-2/h8-9,12H,3-7H2,1-2H3,(H,11,13). The van der Waals surface area contributed by atoms with Crippen LogP contribution in [0, 0.1) is 0 Å². The Labute approximate surface area is 90.4 Å². The van der Waals surface area contributed by atoms with E-state index in [1.165, 1.54) is 25.7 Å². The van der Waals surface area contributed by atoms with Gasteiger partial charge in [0.2, 0.25) is 5.91 Å². The van der Waals surface area contributed by atoms with Crippen molar-refractivity contribution in [1.82, 2.24) is 10.6 Å². The minimum Gasteiger partial charge on any atom is -0.358 e. The number of hydrogen-bond donors (Lipinski definition) is 2. The Morgan fingerprint density at radius 1 is 1.50 bits per heavy atom. The number of hydrogen-bond acceptors (Lipinski definition) is 3. The molecule has 1 aliphatic carbocycles. The SMILES string of the molecule is CNC(=O)CNC1CCCC(SC)C1. The van der Waals surface area contributed by atoms with E-state index >= 15 is 0 Å². The lowest BCUT2D eigenvalue weighted by Crippen LogP contribution is -2.40. The molecule has 0 radical (unpaired) electrons. The molecule has 0 aliphatic heterocycles. The van der Waals surface area contributed by atoms with Gasteiger partial charge in [0.25, 0.3) is 0 Å². The highest BCUT2D eigenvalue weighted by atomic mass is 32.2. The van der Waals surface area contributed by atoms with Gasteiger partial charge in [0, 0.05) is 18.3 Å². The zero-order valence-electron chi connectivity index (χ0n) is 9.01. The molecule has 2 unspecified atom stereocenters. The molecule has 0 bridgehead atoms. The van der Waals surface area contributed by atoms with Crippen LogP contribution in [0.5, 0.6) is 0 Å². The number of carbonyl (C=O) groups excluding carboxylic acids is 1. The van der Waals surface area contributed by atoms with Crippen LogP contribution in [0.15, 0.2) is 0 Å². The number of likely N-dealkylation sites (N-methyl/N-ethyl adjacent to an activating group) is 1. The van der Waals surface area contributed by atoms with Gasteiger partial charge in [-0.05, 0) is 25.5 Å². The van der Waals surface area contributed by atoms with E-state index in [0.717, 1.165) is 5.25 Å². The van der Waals surface area contributed by atoms with Crippen LogP contribution in [0.2, 0.25) is 0 Å². The molecular formula is C10H20N2OS. The molecule has 14 heavy (non-hydrogen) atoms. The molecule has 1 fully saturated rings. The molecule has 3 nitrogen and oxygen atoms in total. The van der Waals surface area contributed by atoms with E-state index in [2.05, 4.69) is 16.9 Å². The second kappa shape index (κ2) is 6.30. The Balaban J connectivity index is 2.20. The van der Waals surface area contributed by atoms with Crippen LogP contribution >= 0.6 is 11.8 Å². The van der Waals surface area contributed by atoms with Crippen molar-refractivity contribution >= 4 is 17.7 Å². The van der Waals surface area contributed by atoms with E-state index in [0.29, 0.717) is 12.6 Å². The first-order valence-corrected chi connectivity index (χ1v) is 6.51. The van der Waals surface area contributed by atoms with Crippen LogP contribution in [-0.4, -0.2) is 37.0 Å². The third-order valence-corrected chi connectivity index (χ3v) is 3.88. The average molecular weight is 216 g/mol. The third-order valence-electron chi connectivity index (χ3n) is 2.79. The predicted molar refractivity (Wildman–Crippen MR) is 61.6 cm³/mol. The van der Waals surface area contributed by atoms with E-state index < -0.39 is 0 Å². The van der Waals surface area contributed by atoms with E-state index in [-0.39, 0.29) is 5.91 Å². The fraction of sp³-hybridized carbons (Fsp3) is 0.900. The van der Waals surface area contributed by atoms with E-state index in [1.54, 1.807) is 7.05 Å².